The van der Waals surface area contributed by atoms with Crippen LogP contribution in [-0.4, -0.2) is 46.2 Å². The summed E-state index contributed by atoms with van der Waals surface area (Å²) >= 11 is 1.36. The van der Waals surface area contributed by atoms with E-state index in [0.717, 1.165) is 29.7 Å². The van der Waals surface area contributed by atoms with E-state index in [1.54, 1.807) is 10.8 Å². The predicted octanol–water partition coefficient (Wildman–Crippen LogP) is 3.05. The molecule has 9 heteroatoms. The molecule has 0 bridgehead atoms. The van der Waals surface area contributed by atoms with Gasteiger partial charge in [0.05, 0.1) is 22.9 Å². The lowest BCUT2D eigenvalue weighted by Gasteiger charge is -2.18. The molecule has 2 fully saturated rings. The van der Waals surface area contributed by atoms with Crippen LogP contribution in [0.25, 0.3) is 10.2 Å². The average Bonchev–Trinajstić information content (AvgIpc) is 3.07. The van der Waals surface area contributed by atoms with Crippen LogP contribution in [0, 0.1) is 12.8 Å². The Kier molecular flexibility index (Phi) is 6.15. The van der Waals surface area contributed by atoms with Gasteiger partial charge in [0.1, 0.15) is 17.0 Å². The normalized spacial score (nSPS) is 23.3. The Bertz CT molecular complexity index is 1180. The molecule has 1 saturated carbocycles. The van der Waals surface area contributed by atoms with Crippen LogP contribution in [0.3, 0.4) is 0 Å². The van der Waals surface area contributed by atoms with E-state index >= 15 is 0 Å². The van der Waals surface area contributed by atoms with Crippen molar-refractivity contribution in [1.29, 1.82) is 0 Å². The third-order valence-corrected chi connectivity index (χ3v) is 7.19. The number of esters is 1. The van der Waals surface area contributed by atoms with Gasteiger partial charge < -0.3 is 9.47 Å². The molecule has 1 saturated heterocycles. The van der Waals surface area contributed by atoms with Crippen molar-refractivity contribution >= 4 is 33.7 Å². The maximum atomic E-state index is 13.4. The van der Waals surface area contributed by atoms with Crippen LogP contribution in [0.4, 0.5) is 0 Å². The van der Waals surface area contributed by atoms with Gasteiger partial charge in [-0.25, -0.2) is 4.79 Å². The third kappa shape index (κ3) is 4.59. The third-order valence-electron chi connectivity index (χ3n) is 5.94. The average molecular weight is 462 g/mol. The SMILES string of the molecule is Cc1c(C=NCC(=O)OC(C)(C)C)sc2c1c(=O)n([C@H]1C[C@@H]1C)c(=O)n2C[C@H]1CCCO1. The molecule has 2 aromatic rings. The van der Waals surface area contributed by atoms with Gasteiger partial charge in [-0.3, -0.25) is 23.7 Å². The molecule has 2 aliphatic rings. The second kappa shape index (κ2) is 8.59. The van der Waals surface area contributed by atoms with E-state index in [9.17, 15) is 14.4 Å². The predicted molar refractivity (Wildman–Crippen MR) is 125 cm³/mol. The fourth-order valence-corrected chi connectivity index (χ4v) is 5.39. The number of aryl methyl sites for hydroxylation is 1. The number of aliphatic imine (C=N–C) groups is 1. The van der Waals surface area contributed by atoms with E-state index in [1.165, 1.54) is 15.9 Å². The Morgan fingerprint density at radius 3 is 2.66 bits per heavy atom. The molecular weight excluding hydrogens is 430 g/mol. The number of nitrogens with zero attached hydrogens (tertiary/aromatic N) is 3. The molecule has 3 heterocycles. The van der Waals surface area contributed by atoms with Crippen LogP contribution in [-0.2, 0) is 20.8 Å². The molecule has 4 rings (SSSR count). The lowest BCUT2D eigenvalue weighted by Crippen LogP contribution is -2.41. The monoisotopic (exact) mass is 461 g/mol. The van der Waals surface area contributed by atoms with Crippen LogP contribution in [0.1, 0.15) is 63.4 Å². The van der Waals surface area contributed by atoms with Crippen LogP contribution < -0.4 is 11.2 Å². The van der Waals surface area contributed by atoms with Crippen molar-refractivity contribution < 1.29 is 14.3 Å². The fourth-order valence-electron chi connectivity index (χ4n) is 4.19. The molecule has 1 aliphatic heterocycles. The molecule has 0 unspecified atom stereocenters. The number of hydrogen-bond acceptors (Lipinski definition) is 7. The maximum Gasteiger partial charge on any atom is 0.332 e. The lowest BCUT2D eigenvalue weighted by atomic mass is 10.2. The zero-order valence-electron chi connectivity index (χ0n) is 19.3. The van der Waals surface area contributed by atoms with E-state index in [1.807, 2.05) is 27.7 Å². The topological polar surface area (TPSA) is 91.9 Å². The highest BCUT2D eigenvalue weighted by molar-refractivity contribution is 7.20. The van der Waals surface area contributed by atoms with Crippen molar-refractivity contribution in [3.8, 4) is 0 Å². The molecule has 0 radical (unpaired) electrons. The quantitative estimate of drug-likeness (QED) is 0.487. The van der Waals surface area contributed by atoms with Gasteiger partial charge in [-0.05, 0) is 58.4 Å². The summed E-state index contributed by atoms with van der Waals surface area (Å²) in [6.45, 7) is 10.4. The number of hydrogen-bond donors (Lipinski definition) is 0. The molecule has 174 valence electrons. The first-order chi connectivity index (χ1) is 15.1. The molecule has 2 aromatic heterocycles. The fraction of sp³-hybridized carbons (Fsp3) is 0.652. The van der Waals surface area contributed by atoms with Crippen LogP contribution in [0.15, 0.2) is 14.6 Å². The van der Waals surface area contributed by atoms with Crippen molar-refractivity contribution in [2.45, 2.75) is 78.2 Å². The summed E-state index contributed by atoms with van der Waals surface area (Å²) in [7, 11) is 0. The Labute approximate surface area is 190 Å². The van der Waals surface area contributed by atoms with Crippen molar-refractivity contribution in [1.82, 2.24) is 9.13 Å². The second-order valence-electron chi connectivity index (χ2n) is 9.81. The number of thiophene rings is 1. The first kappa shape index (κ1) is 22.9. The van der Waals surface area contributed by atoms with Gasteiger partial charge in [0.25, 0.3) is 5.56 Å². The van der Waals surface area contributed by atoms with Gasteiger partial charge in [-0.1, -0.05) is 6.92 Å². The summed E-state index contributed by atoms with van der Waals surface area (Å²) in [6, 6.07) is -0.0428. The van der Waals surface area contributed by atoms with Gasteiger partial charge in [-0.2, -0.15) is 0 Å². The van der Waals surface area contributed by atoms with Crippen LogP contribution in [0.5, 0.6) is 0 Å². The van der Waals surface area contributed by atoms with E-state index in [0.29, 0.717) is 29.3 Å². The molecule has 32 heavy (non-hydrogen) atoms. The number of fused-ring (bicyclic) bond motifs is 1. The number of aromatic nitrogens is 2. The zero-order chi connectivity index (χ0) is 23.2. The van der Waals surface area contributed by atoms with Crippen molar-refractivity contribution in [2.75, 3.05) is 13.2 Å². The maximum absolute atomic E-state index is 13.4. The number of carbonyl (C=O) groups excluding carboxylic acids is 1. The Balaban J connectivity index is 1.73. The summed E-state index contributed by atoms with van der Waals surface area (Å²) in [5.74, 6) is -0.0873. The van der Waals surface area contributed by atoms with Gasteiger partial charge in [0.15, 0.2) is 0 Å². The zero-order valence-corrected chi connectivity index (χ0v) is 20.2. The molecule has 0 amide bonds. The van der Waals surface area contributed by atoms with Crippen LogP contribution in [0.2, 0.25) is 0 Å². The van der Waals surface area contributed by atoms with Crippen molar-refractivity contribution in [3.05, 3.63) is 31.3 Å². The smallest absolute Gasteiger partial charge is 0.332 e. The molecule has 0 N–H and O–H groups in total. The summed E-state index contributed by atoms with van der Waals surface area (Å²) < 4.78 is 14.2. The first-order valence-electron chi connectivity index (χ1n) is 11.2. The Hall–Kier alpha value is -2.26. The highest BCUT2D eigenvalue weighted by Crippen LogP contribution is 2.41. The molecule has 1 aliphatic carbocycles. The second-order valence-corrected chi connectivity index (χ2v) is 10.8. The van der Waals surface area contributed by atoms with E-state index in [-0.39, 0.29) is 29.9 Å². The first-order valence-corrected chi connectivity index (χ1v) is 12.0. The molecule has 8 nitrogen and oxygen atoms in total. The van der Waals surface area contributed by atoms with Crippen LogP contribution >= 0.6 is 11.3 Å². The minimum Gasteiger partial charge on any atom is -0.459 e. The highest BCUT2D eigenvalue weighted by Gasteiger charge is 2.38. The van der Waals surface area contributed by atoms with Crippen molar-refractivity contribution in [2.24, 2.45) is 10.9 Å². The van der Waals surface area contributed by atoms with E-state index in [4.69, 9.17) is 9.47 Å². The van der Waals surface area contributed by atoms with E-state index in [2.05, 4.69) is 11.9 Å². The van der Waals surface area contributed by atoms with Gasteiger partial charge in [0.2, 0.25) is 0 Å². The Morgan fingerprint density at radius 1 is 1.34 bits per heavy atom. The minimum absolute atomic E-state index is 0.0230. The number of rotatable bonds is 6. The molecule has 3 atom stereocenters. The minimum atomic E-state index is -0.566. The summed E-state index contributed by atoms with van der Waals surface area (Å²) in [6.07, 6.45) is 4.31. The molecular formula is C23H31N3O5S. The van der Waals surface area contributed by atoms with Gasteiger partial charge >= 0.3 is 11.7 Å². The number of carbonyl (C=O) groups is 1. The molecule has 0 spiro atoms. The Morgan fingerprint density at radius 2 is 2.06 bits per heavy atom. The summed E-state index contributed by atoms with van der Waals surface area (Å²) in [4.78, 5) is 44.3. The summed E-state index contributed by atoms with van der Waals surface area (Å²) in [5.41, 5.74) is -0.274. The number of ether oxygens (including phenoxy) is 2. The van der Waals surface area contributed by atoms with Gasteiger partial charge in [0, 0.05) is 18.9 Å². The molecule has 0 aromatic carbocycles. The largest absolute Gasteiger partial charge is 0.459 e. The lowest BCUT2D eigenvalue weighted by molar-refractivity contribution is -0.152. The van der Waals surface area contributed by atoms with E-state index < -0.39 is 11.6 Å². The van der Waals surface area contributed by atoms with Crippen molar-refractivity contribution in [3.63, 3.8) is 0 Å². The van der Waals surface area contributed by atoms with Gasteiger partial charge in [-0.15, -0.1) is 11.3 Å². The highest BCUT2D eigenvalue weighted by atomic mass is 32.1. The summed E-state index contributed by atoms with van der Waals surface area (Å²) in [5, 5.41) is 0.561. The standard InChI is InChI=1S/C23H31N3O5S/c1-13-9-16(13)26-20(28)19-14(2)17(10-24-11-18(27)31-23(3,4)5)32-21(19)25(22(26)29)12-15-7-6-8-30-15/h10,13,15-16H,6-9,11-12H2,1-5H3/t13-,15+,16-/m0/s1.